The second kappa shape index (κ2) is 10.4. The first-order valence-corrected chi connectivity index (χ1v) is 8.68. The third-order valence-corrected chi connectivity index (χ3v) is 4.31. The van der Waals surface area contributed by atoms with E-state index in [2.05, 4.69) is 46.0 Å². The number of hydrogen-bond acceptors (Lipinski definition) is 3. The van der Waals surface area contributed by atoms with Crippen LogP contribution in [-0.2, 0) is 11.3 Å². The molecule has 0 aliphatic carbocycles. The summed E-state index contributed by atoms with van der Waals surface area (Å²) in [5.41, 5.74) is 1.28. The van der Waals surface area contributed by atoms with Crippen molar-refractivity contribution in [1.29, 1.82) is 0 Å². The van der Waals surface area contributed by atoms with Gasteiger partial charge in [0.15, 0.2) is 5.11 Å². The SMILES string of the molecule is C=CCNC(=S)N(CCCN1CCOCC1)Cc1ccccc1. The largest absolute Gasteiger partial charge is 0.379 e. The van der Waals surface area contributed by atoms with Crippen LogP contribution < -0.4 is 5.32 Å². The highest BCUT2D eigenvalue weighted by Crippen LogP contribution is 2.07. The Morgan fingerprint density at radius 2 is 2.04 bits per heavy atom. The summed E-state index contributed by atoms with van der Waals surface area (Å²) >= 11 is 5.54. The predicted molar refractivity (Wildman–Crippen MR) is 99.5 cm³/mol. The van der Waals surface area contributed by atoms with Gasteiger partial charge in [-0.25, -0.2) is 0 Å². The predicted octanol–water partition coefficient (Wildman–Crippen LogP) is 2.27. The minimum atomic E-state index is 0.702. The molecular weight excluding hydrogens is 306 g/mol. The normalized spacial score (nSPS) is 15.1. The summed E-state index contributed by atoms with van der Waals surface area (Å²) in [4.78, 5) is 4.71. The van der Waals surface area contributed by atoms with Crippen molar-refractivity contribution in [3.8, 4) is 0 Å². The summed E-state index contributed by atoms with van der Waals surface area (Å²) in [6.45, 7) is 11.1. The lowest BCUT2D eigenvalue weighted by molar-refractivity contribution is 0.0367. The number of nitrogens with zero attached hydrogens (tertiary/aromatic N) is 2. The van der Waals surface area contributed by atoms with Crippen molar-refractivity contribution < 1.29 is 4.74 Å². The number of thiocarbonyl (C=S) groups is 1. The van der Waals surface area contributed by atoms with Crippen LogP contribution in [0.5, 0.6) is 0 Å². The van der Waals surface area contributed by atoms with Gasteiger partial charge in [-0.3, -0.25) is 4.90 Å². The molecule has 0 bridgehead atoms. The summed E-state index contributed by atoms with van der Waals surface area (Å²) in [6, 6.07) is 10.5. The van der Waals surface area contributed by atoms with Crippen molar-refractivity contribution in [2.45, 2.75) is 13.0 Å². The Morgan fingerprint density at radius 1 is 1.30 bits per heavy atom. The highest BCUT2D eigenvalue weighted by Gasteiger charge is 2.13. The molecule has 1 aromatic rings. The molecule has 0 spiro atoms. The Balaban J connectivity index is 1.84. The van der Waals surface area contributed by atoms with Gasteiger partial charge in [0.25, 0.3) is 0 Å². The average molecular weight is 334 g/mol. The molecule has 2 rings (SSSR count). The Hall–Kier alpha value is -1.43. The first-order valence-electron chi connectivity index (χ1n) is 8.27. The van der Waals surface area contributed by atoms with Gasteiger partial charge in [-0.2, -0.15) is 0 Å². The molecule has 126 valence electrons. The Labute approximate surface area is 145 Å². The van der Waals surface area contributed by atoms with E-state index in [1.165, 1.54) is 5.56 Å². The van der Waals surface area contributed by atoms with Crippen LogP contribution in [0.15, 0.2) is 43.0 Å². The Morgan fingerprint density at radius 3 is 2.74 bits per heavy atom. The molecule has 0 aromatic heterocycles. The van der Waals surface area contributed by atoms with Crippen molar-refractivity contribution >= 4 is 17.3 Å². The van der Waals surface area contributed by atoms with E-state index in [0.29, 0.717) is 6.54 Å². The van der Waals surface area contributed by atoms with Crippen LogP contribution in [0.3, 0.4) is 0 Å². The maximum atomic E-state index is 5.54. The maximum Gasteiger partial charge on any atom is 0.169 e. The summed E-state index contributed by atoms with van der Waals surface area (Å²) in [6.07, 6.45) is 2.93. The lowest BCUT2D eigenvalue weighted by atomic mass is 10.2. The average Bonchev–Trinajstić information content (AvgIpc) is 2.60. The fourth-order valence-corrected chi connectivity index (χ4v) is 2.88. The topological polar surface area (TPSA) is 27.7 Å². The van der Waals surface area contributed by atoms with E-state index >= 15 is 0 Å². The van der Waals surface area contributed by atoms with Gasteiger partial charge in [-0.05, 0) is 24.2 Å². The van der Waals surface area contributed by atoms with Crippen molar-refractivity contribution in [2.75, 3.05) is 45.9 Å². The zero-order chi connectivity index (χ0) is 16.3. The van der Waals surface area contributed by atoms with Crippen LogP contribution in [0.25, 0.3) is 0 Å². The van der Waals surface area contributed by atoms with Crippen molar-refractivity contribution in [2.24, 2.45) is 0 Å². The van der Waals surface area contributed by atoms with Gasteiger partial charge in [-0.15, -0.1) is 6.58 Å². The van der Waals surface area contributed by atoms with E-state index in [-0.39, 0.29) is 0 Å². The van der Waals surface area contributed by atoms with E-state index in [1.54, 1.807) is 0 Å². The third-order valence-electron chi connectivity index (χ3n) is 3.91. The van der Waals surface area contributed by atoms with Crippen LogP contribution in [0.1, 0.15) is 12.0 Å². The minimum Gasteiger partial charge on any atom is -0.379 e. The molecule has 23 heavy (non-hydrogen) atoms. The molecule has 1 aliphatic heterocycles. The molecule has 1 aromatic carbocycles. The lowest BCUT2D eigenvalue weighted by Crippen LogP contribution is -2.42. The van der Waals surface area contributed by atoms with Crippen LogP contribution in [-0.4, -0.2) is 60.8 Å². The second-order valence-electron chi connectivity index (χ2n) is 5.69. The van der Waals surface area contributed by atoms with Gasteiger partial charge in [0, 0.05) is 39.3 Å². The standard InChI is InChI=1S/C18H27N3OS/c1-2-9-19-18(23)21(16-17-7-4-3-5-8-17)11-6-10-20-12-14-22-15-13-20/h2-5,7-8H,1,6,9-16H2,(H,19,23). The van der Waals surface area contributed by atoms with Crippen molar-refractivity contribution in [3.63, 3.8) is 0 Å². The summed E-state index contributed by atoms with van der Waals surface area (Å²) in [5.74, 6) is 0. The molecule has 1 saturated heterocycles. The molecule has 0 radical (unpaired) electrons. The number of ether oxygens (including phenoxy) is 1. The molecule has 0 unspecified atom stereocenters. The van der Waals surface area contributed by atoms with E-state index in [1.807, 2.05) is 12.1 Å². The number of hydrogen-bond donors (Lipinski definition) is 1. The molecule has 5 heteroatoms. The molecule has 0 atom stereocenters. The van der Waals surface area contributed by atoms with Crippen LogP contribution in [0.2, 0.25) is 0 Å². The van der Waals surface area contributed by atoms with Gasteiger partial charge in [0.05, 0.1) is 13.2 Å². The fraction of sp³-hybridized carbons (Fsp3) is 0.500. The fourth-order valence-electron chi connectivity index (χ4n) is 2.64. The van der Waals surface area contributed by atoms with Gasteiger partial charge >= 0.3 is 0 Å². The van der Waals surface area contributed by atoms with Gasteiger partial charge in [0.1, 0.15) is 0 Å². The van der Waals surface area contributed by atoms with Crippen molar-refractivity contribution in [3.05, 3.63) is 48.6 Å². The zero-order valence-electron chi connectivity index (χ0n) is 13.7. The van der Waals surface area contributed by atoms with Gasteiger partial charge in [-0.1, -0.05) is 36.4 Å². The maximum absolute atomic E-state index is 5.54. The third kappa shape index (κ3) is 6.69. The van der Waals surface area contributed by atoms with Crippen LogP contribution >= 0.6 is 12.2 Å². The minimum absolute atomic E-state index is 0.702. The van der Waals surface area contributed by atoms with Gasteiger partial charge in [0.2, 0.25) is 0 Å². The Kier molecular flexibility index (Phi) is 8.07. The Bertz CT molecular complexity index is 474. The number of rotatable bonds is 8. The quantitative estimate of drug-likeness (QED) is 0.582. The monoisotopic (exact) mass is 333 g/mol. The first-order chi connectivity index (χ1) is 11.3. The summed E-state index contributed by atoms with van der Waals surface area (Å²) in [5, 5.41) is 4.05. The molecule has 1 heterocycles. The first kappa shape index (κ1) is 17.9. The summed E-state index contributed by atoms with van der Waals surface area (Å²) < 4.78 is 5.40. The number of morpholine rings is 1. The molecule has 1 fully saturated rings. The van der Waals surface area contributed by atoms with Crippen LogP contribution in [0.4, 0.5) is 0 Å². The molecule has 0 amide bonds. The van der Waals surface area contributed by atoms with Crippen molar-refractivity contribution in [1.82, 2.24) is 15.1 Å². The van der Waals surface area contributed by atoms with Gasteiger partial charge < -0.3 is 15.0 Å². The second-order valence-corrected chi connectivity index (χ2v) is 6.08. The van der Waals surface area contributed by atoms with E-state index < -0.39 is 0 Å². The molecule has 1 N–H and O–H groups in total. The highest BCUT2D eigenvalue weighted by atomic mass is 32.1. The molecular formula is C18H27N3OS. The number of nitrogens with one attached hydrogen (secondary N) is 1. The highest BCUT2D eigenvalue weighted by molar-refractivity contribution is 7.80. The molecule has 1 aliphatic rings. The molecule has 4 nitrogen and oxygen atoms in total. The molecule has 0 saturated carbocycles. The van der Waals surface area contributed by atoms with E-state index in [4.69, 9.17) is 17.0 Å². The van der Waals surface area contributed by atoms with E-state index in [9.17, 15) is 0 Å². The lowest BCUT2D eigenvalue weighted by Gasteiger charge is -2.29. The summed E-state index contributed by atoms with van der Waals surface area (Å²) in [7, 11) is 0. The van der Waals surface area contributed by atoms with Crippen LogP contribution in [0, 0.1) is 0 Å². The number of benzene rings is 1. The van der Waals surface area contributed by atoms with E-state index in [0.717, 1.165) is 57.5 Å². The smallest absolute Gasteiger partial charge is 0.169 e. The zero-order valence-corrected chi connectivity index (χ0v) is 14.6.